The third-order valence-corrected chi connectivity index (χ3v) is 6.90. The topological polar surface area (TPSA) is 94.2 Å². The van der Waals surface area contributed by atoms with Crippen LogP contribution in [0.1, 0.15) is 51.5 Å². The van der Waals surface area contributed by atoms with E-state index in [-0.39, 0.29) is 23.6 Å². The van der Waals surface area contributed by atoms with E-state index in [0.717, 1.165) is 38.5 Å². The summed E-state index contributed by atoms with van der Waals surface area (Å²) in [7, 11) is 0. The highest BCUT2D eigenvalue weighted by Crippen LogP contribution is 2.30. The van der Waals surface area contributed by atoms with Crippen molar-refractivity contribution in [3.05, 3.63) is 59.0 Å². The molecular weight excluding hydrogens is 437 g/mol. The van der Waals surface area contributed by atoms with Crippen LogP contribution >= 0.6 is 0 Å². The van der Waals surface area contributed by atoms with E-state index in [1.165, 1.54) is 12.1 Å². The fourth-order valence-corrected chi connectivity index (χ4v) is 4.85. The van der Waals surface area contributed by atoms with Crippen molar-refractivity contribution in [1.82, 2.24) is 19.1 Å². The zero-order valence-corrected chi connectivity index (χ0v) is 19.3. The van der Waals surface area contributed by atoms with Crippen molar-refractivity contribution < 1.29 is 14.2 Å². The van der Waals surface area contributed by atoms with Crippen molar-refractivity contribution in [2.75, 3.05) is 18.5 Å². The standard InChI is InChI=1S/C25H30FN5O3/c1-25(33)11-6-18(7-12-25)28-23-27-13-8-21(29-23)22-16-30(19-9-14-34-15-10-19)24(32)31(22)20-4-2-17(26)3-5-20/h2-5,8,13,16,18-19,33H,6-7,9-12,14-15H2,1H3,(H,27,28,29)/t18-,25+. The molecule has 2 N–H and O–H groups in total. The Morgan fingerprint density at radius 1 is 1.12 bits per heavy atom. The molecule has 8 nitrogen and oxygen atoms in total. The highest BCUT2D eigenvalue weighted by molar-refractivity contribution is 5.59. The molecule has 1 aliphatic heterocycles. The molecular formula is C25H30FN5O3. The maximum Gasteiger partial charge on any atom is 0.333 e. The van der Waals surface area contributed by atoms with Crippen LogP contribution in [-0.2, 0) is 4.74 Å². The van der Waals surface area contributed by atoms with Crippen LogP contribution in [0, 0.1) is 5.82 Å². The van der Waals surface area contributed by atoms with Crippen molar-refractivity contribution in [2.24, 2.45) is 0 Å². The molecule has 2 aromatic heterocycles. The minimum atomic E-state index is -0.612. The Labute approximate surface area is 197 Å². The molecule has 3 aromatic rings. The van der Waals surface area contributed by atoms with Gasteiger partial charge in [0.2, 0.25) is 5.95 Å². The van der Waals surface area contributed by atoms with Crippen LogP contribution in [0.4, 0.5) is 10.3 Å². The number of ether oxygens (including phenoxy) is 1. The molecule has 1 aliphatic carbocycles. The fraction of sp³-hybridized carbons (Fsp3) is 0.480. The largest absolute Gasteiger partial charge is 0.390 e. The van der Waals surface area contributed by atoms with Gasteiger partial charge < -0.3 is 15.2 Å². The van der Waals surface area contributed by atoms with E-state index in [1.807, 2.05) is 13.1 Å². The van der Waals surface area contributed by atoms with Gasteiger partial charge in [0.05, 0.1) is 22.7 Å². The molecule has 1 saturated heterocycles. The summed E-state index contributed by atoms with van der Waals surface area (Å²) < 4.78 is 22.4. The molecule has 34 heavy (non-hydrogen) atoms. The minimum absolute atomic E-state index is 0.0381. The van der Waals surface area contributed by atoms with Crippen LogP contribution in [0.5, 0.6) is 0 Å². The highest BCUT2D eigenvalue weighted by Gasteiger charge is 2.29. The highest BCUT2D eigenvalue weighted by atomic mass is 19.1. The quantitative estimate of drug-likeness (QED) is 0.594. The van der Waals surface area contributed by atoms with Crippen LogP contribution in [-0.4, -0.2) is 49.1 Å². The van der Waals surface area contributed by atoms with E-state index in [4.69, 9.17) is 9.72 Å². The first-order valence-electron chi connectivity index (χ1n) is 11.9. The van der Waals surface area contributed by atoms with Crippen molar-refractivity contribution in [2.45, 2.75) is 63.1 Å². The minimum Gasteiger partial charge on any atom is -0.390 e. The Bertz CT molecular complexity index is 1190. The fourth-order valence-electron chi connectivity index (χ4n) is 4.85. The first-order chi connectivity index (χ1) is 16.4. The lowest BCUT2D eigenvalue weighted by Crippen LogP contribution is -2.36. The number of anilines is 1. The van der Waals surface area contributed by atoms with Crippen molar-refractivity contribution in [3.63, 3.8) is 0 Å². The second-order valence-corrected chi connectivity index (χ2v) is 9.54. The van der Waals surface area contributed by atoms with Gasteiger partial charge in [0.25, 0.3) is 0 Å². The number of nitrogens with zero attached hydrogens (tertiary/aromatic N) is 4. The van der Waals surface area contributed by atoms with E-state index in [2.05, 4.69) is 10.3 Å². The molecule has 0 amide bonds. The molecule has 9 heteroatoms. The maximum absolute atomic E-state index is 13.6. The van der Waals surface area contributed by atoms with Crippen LogP contribution < -0.4 is 11.0 Å². The Morgan fingerprint density at radius 2 is 1.82 bits per heavy atom. The number of aliphatic hydroxyl groups is 1. The van der Waals surface area contributed by atoms with E-state index < -0.39 is 5.60 Å². The first kappa shape index (κ1) is 22.7. The summed E-state index contributed by atoms with van der Waals surface area (Å²) in [6, 6.07) is 7.90. The number of rotatable bonds is 5. The number of aromatic nitrogens is 4. The van der Waals surface area contributed by atoms with Crippen molar-refractivity contribution in [3.8, 4) is 17.1 Å². The van der Waals surface area contributed by atoms with Gasteiger partial charge in [-0.1, -0.05) is 0 Å². The van der Waals surface area contributed by atoms with Gasteiger partial charge in [0.1, 0.15) is 5.82 Å². The second kappa shape index (κ2) is 9.31. The van der Waals surface area contributed by atoms with Gasteiger partial charge in [0.15, 0.2) is 0 Å². The molecule has 3 heterocycles. The summed E-state index contributed by atoms with van der Waals surface area (Å²) in [6.45, 7) is 3.10. The van der Waals surface area contributed by atoms with Crippen LogP contribution in [0.15, 0.2) is 47.5 Å². The summed E-state index contributed by atoms with van der Waals surface area (Å²) >= 11 is 0. The molecule has 1 saturated carbocycles. The zero-order valence-electron chi connectivity index (χ0n) is 19.3. The average molecular weight is 468 g/mol. The van der Waals surface area contributed by atoms with Gasteiger partial charge in [-0.15, -0.1) is 0 Å². The van der Waals surface area contributed by atoms with Gasteiger partial charge in [0, 0.05) is 37.7 Å². The lowest BCUT2D eigenvalue weighted by atomic mass is 9.84. The van der Waals surface area contributed by atoms with Gasteiger partial charge >= 0.3 is 5.69 Å². The van der Waals surface area contributed by atoms with Crippen LogP contribution in [0.2, 0.25) is 0 Å². The van der Waals surface area contributed by atoms with Gasteiger partial charge in [-0.25, -0.2) is 19.2 Å². The molecule has 2 fully saturated rings. The number of nitrogens with one attached hydrogen (secondary N) is 1. The molecule has 0 spiro atoms. The average Bonchev–Trinajstić information content (AvgIpc) is 3.19. The van der Waals surface area contributed by atoms with Crippen molar-refractivity contribution in [1.29, 1.82) is 0 Å². The molecule has 0 bridgehead atoms. The van der Waals surface area contributed by atoms with Gasteiger partial charge in [-0.3, -0.25) is 9.13 Å². The Balaban J connectivity index is 1.50. The molecule has 1 aromatic carbocycles. The number of imidazole rings is 1. The van der Waals surface area contributed by atoms with E-state index in [9.17, 15) is 14.3 Å². The third-order valence-electron chi connectivity index (χ3n) is 6.90. The van der Waals surface area contributed by atoms with E-state index in [1.54, 1.807) is 33.5 Å². The van der Waals surface area contributed by atoms with Crippen molar-refractivity contribution >= 4 is 5.95 Å². The molecule has 5 rings (SSSR count). The molecule has 2 aliphatic rings. The maximum atomic E-state index is 13.6. The predicted molar refractivity (Wildman–Crippen MR) is 127 cm³/mol. The van der Waals surface area contributed by atoms with Gasteiger partial charge in [-0.2, -0.15) is 0 Å². The number of benzene rings is 1. The second-order valence-electron chi connectivity index (χ2n) is 9.54. The first-order valence-corrected chi connectivity index (χ1v) is 11.9. The number of hydrogen-bond acceptors (Lipinski definition) is 6. The summed E-state index contributed by atoms with van der Waals surface area (Å²) in [6.07, 6.45) is 8.15. The Morgan fingerprint density at radius 3 is 2.53 bits per heavy atom. The monoisotopic (exact) mass is 467 g/mol. The molecule has 180 valence electrons. The van der Waals surface area contributed by atoms with Crippen LogP contribution in [0.3, 0.4) is 0 Å². The summed E-state index contributed by atoms with van der Waals surface area (Å²) in [5.41, 5.74) is 1.01. The summed E-state index contributed by atoms with van der Waals surface area (Å²) in [4.78, 5) is 22.6. The van der Waals surface area contributed by atoms with Crippen LogP contribution in [0.25, 0.3) is 17.1 Å². The van der Waals surface area contributed by atoms with E-state index in [0.29, 0.717) is 36.2 Å². The zero-order chi connectivity index (χ0) is 23.7. The summed E-state index contributed by atoms with van der Waals surface area (Å²) in [5, 5.41) is 13.6. The van der Waals surface area contributed by atoms with E-state index >= 15 is 0 Å². The predicted octanol–water partition coefficient (Wildman–Crippen LogP) is 3.69. The lowest BCUT2D eigenvalue weighted by molar-refractivity contribution is 0.0195. The Kier molecular flexibility index (Phi) is 6.22. The smallest absolute Gasteiger partial charge is 0.333 e. The SMILES string of the molecule is C[C@]1(O)CC[C@@H](Nc2nccc(-c3cn(C4CCOCC4)c(=O)n3-c3ccc(F)cc3)n2)CC1. The molecule has 0 atom stereocenters. The summed E-state index contributed by atoms with van der Waals surface area (Å²) in [5.74, 6) is 0.128. The molecule has 0 unspecified atom stereocenters. The Hall–Kier alpha value is -3.04. The number of hydrogen-bond donors (Lipinski definition) is 2. The molecule has 0 radical (unpaired) electrons. The number of halogens is 1. The van der Waals surface area contributed by atoms with Gasteiger partial charge in [-0.05, 0) is 75.8 Å². The lowest BCUT2D eigenvalue weighted by Gasteiger charge is -2.33. The normalized spacial score (nSPS) is 23.7. The third kappa shape index (κ3) is 4.76.